The van der Waals surface area contributed by atoms with Crippen molar-refractivity contribution in [3.63, 3.8) is 0 Å². The van der Waals surface area contributed by atoms with E-state index in [2.05, 4.69) is 6.92 Å². The lowest BCUT2D eigenvalue weighted by Gasteiger charge is -2.30. The van der Waals surface area contributed by atoms with Gasteiger partial charge in [-0.15, -0.1) is 0 Å². The van der Waals surface area contributed by atoms with Crippen LogP contribution < -0.4 is 0 Å². The van der Waals surface area contributed by atoms with Crippen LogP contribution in [0.3, 0.4) is 0 Å². The maximum absolute atomic E-state index is 13.7. The van der Waals surface area contributed by atoms with E-state index in [0.29, 0.717) is 17.9 Å². The number of aliphatic hydroxyl groups is 1. The fourth-order valence-electron chi connectivity index (χ4n) is 2.77. The Kier molecular flexibility index (Phi) is 4.63. The lowest BCUT2D eigenvalue weighted by molar-refractivity contribution is 0.0754. The average molecular weight is 271 g/mol. The second kappa shape index (κ2) is 6.03. The second-order valence-electron chi connectivity index (χ2n) is 5.50. The molecule has 0 saturated heterocycles. The second-order valence-corrected chi connectivity index (χ2v) is 5.91. The number of aliphatic hydroxyl groups excluding tert-OH is 1. The molecule has 0 aliphatic heterocycles. The number of halogens is 2. The molecule has 1 aliphatic carbocycles. The molecule has 1 nitrogen and oxygen atoms in total. The van der Waals surface area contributed by atoms with E-state index in [1.807, 2.05) is 0 Å². The average Bonchev–Trinajstić information content (AvgIpc) is 2.36. The zero-order valence-corrected chi connectivity index (χ0v) is 11.5. The molecule has 100 valence electrons. The third kappa shape index (κ3) is 3.24. The molecule has 1 fully saturated rings. The van der Waals surface area contributed by atoms with Crippen LogP contribution in [0.25, 0.3) is 0 Å². The van der Waals surface area contributed by atoms with Gasteiger partial charge < -0.3 is 5.11 Å². The summed E-state index contributed by atoms with van der Waals surface area (Å²) in [6.45, 7) is 2.25. The fourth-order valence-corrected chi connectivity index (χ4v) is 2.96. The molecule has 1 aromatic rings. The van der Waals surface area contributed by atoms with E-state index in [9.17, 15) is 9.50 Å². The summed E-state index contributed by atoms with van der Waals surface area (Å²) in [5, 5.41) is 10.4. The van der Waals surface area contributed by atoms with Crippen LogP contribution in [0.15, 0.2) is 18.2 Å². The molecule has 1 aliphatic rings. The van der Waals surface area contributed by atoms with E-state index in [0.717, 1.165) is 18.8 Å². The Balaban J connectivity index is 1.98. The van der Waals surface area contributed by atoms with Crippen LogP contribution in [0, 0.1) is 17.7 Å². The molecule has 18 heavy (non-hydrogen) atoms. The van der Waals surface area contributed by atoms with Crippen molar-refractivity contribution in [3.05, 3.63) is 34.6 Å². The van der Waals surface area contributed by atoms with Gasteiger partial charge >= 0.3 is 0 Å². The van der Waals surface area contributed by atoms with Crippen LogP contribution >= 0.6 is 11.6 Å². The Hall–Kier alpha value is -0.600. The molecule has 0 radical (unpaired) electrons. The van der Waals surface area contributed by atoms with Gasteiger partial charge in [0.15, 0.2) is 0 Å². The van der Waals surface area contributed by atoms with Crippen molar-refractivity contribution >= 4 is 11.6 Å². The quantitative estimate of drug-likeness (QED) is 0.872. The van der Waals surface area contributed by atoms with Crippen LogP contribution in [0.4, 0.5) is 4.39 Å². The van der Waals surface area contributed by atoms with Crippen LogP contribution in [-0.2, 0) is 6.42 Å². The Morgan fingerprint density at radius 2 is 2.00 bits per heavy atom. The number of benzene rings is 1. The minimum atomic E-state index is -0.453. The van der Waals surface area contributed by atoms with Crippen molar-refractivity contribution in [2.45, 2.75) is 45.1 Å². The SMILES string of the molecule is CC1CCC(C(O)Cc2cccc(Cl)c2F)CC1. The summed E-state index contributed by atoms with van der Waals surface area (Å²) in [6, 6.07) is 4.97. The maximum Gasteiger partial charge on any atom is 0.145 e. The first-order valence-corrected chi connectivity index (χ1v) is 7.06. The first kappa shape index (κ1) is 13.8. The first-order valence-electron chi connectivity index (χ1n) is 6.69. The van der Waals surface area contributed by atoms with E-state index < -0.39 is 6.10 Å². The highest BCUT2D eigenvalue weighted by molar-refractivity contribution is 6.30. The Labute approximate surface area is 113 Å². The molecule has 0 bridgehead atoms. The van der Waals surface area contributed by atoms with Crippen molar-refractivity contribution in [2.75, 3.05) is 0 Å². The van der Waals surface area contributed by atoms with E-state index in [1.54, 1.807) is 12.1 Å². The van der Waals surface area contributed by atoms with Gasteiger partial charge in [-0.05, 0) is 36.3 Å². The van der Waals surface area contributed by atoms with Gasteiger partial charge in [-0.3, -0.25) is 0 Å². The monoisotopic (exact) mass is 270 g/mol. The van der Waals surface area contributed by atoms with Gasteiger partial charge in [0.2, 0.25) is 0 Å². The molecule has 1 unspecified atom stereocenters. The molecular formula is C15H20ClFO. The minimum Gasteiger partial charge on any atom is -0.392 e. The van der Waals surface area contributed by atoms with E-state index in [1.165, 1.54) is 18.9 Å². The van der Waals surface area contributed by atoms with Gasteiger partial charge in [0.1, 0.15) is 5.82 Å². The lowest BCUT2D eigenvalue weighted by atomic mass is 9.79. The lowest BCUT2D eigenvalue weighted by Crippen LogP contribution is -2.27. The van der Waals surface area contributed by atoms with Crippen molar-refractivity contribution in [1.82, 2.24) is 0 Å². The summed E-state index contributed by atoms with van der Waals surface area (Å²) in [7, 11) is 0. The number of hydrogen-bond acceptors (Lipinski definition) is 1. The summed E-state index contributed by atoms with van der Waals surface area (Å²) >= 11 is 5.75. The standard InChI is InChI=1S/C15H20ClFO/c1-10-5-7-11(8-6-10)14(18)9-12-3-2-4-13(16)15(12)17/h2-4,10-11,14,18H,5-9H2,1H3. The van der Waals surface area contributed by atoms with E-state index in [4.69, 9.17) is 11.6 Å². The van der Waals surface area contributed by atoms with Crippen molar-refractivity contribution < 1.29 is 9.50 Å². The van der Waals surface area contributed by atoms with Crippen LogP contribution in [0.2, 0.25) is 5.02 Å². The highest BCUT2D eigenvalue weighted by Gasteiger charge is 2.25. The third-order valence-electron chi connectivity index (χ3n) is 4.07. The molecule has 0 spiro atoms. The molecule has 3 heteroatoms. The van der Waals surface area contributed by atoms with Crippen molar-refractivity contribution in [2.24, 2.45) is 11.8 Å². The Bertz CT molecular complexity index is 399. The zero-order valence-electron chi connectivity index (χ0n) is 10.7. The Morgan fingerprint density at radius 3 is 2.67 bits per heavy atom. The predicted molar refractivity (Wildman–Crippen MR) is 72.2 cm³/mol. The normalized spacial score (nSPS) is 26.0. The van der Waals surface area contributed by atoms with Gasteiger partial charge in [-0.1, -0.05) is 43.5 Å². The molecule has 1 atom stereocenters. The smallest absolute Gasteiger partial charge is 0.145 e. The maximum atomic E-state index is 13.7. The number of rotatable bonds is 3. The molecule has 0 heterocycles. The van der Waals surface area contributed by atoms with E-state index in [-0.39, 0.29) is 10.8 Å². The summed E-state index contributed by atoms with van der Waals surface area (Å²) < 4.78 is 13.7. The molecule has 1 saturated carbocycles. The summed E-state index contributed by atoms with van der Waals surface area (Å²) in [5.74, 6) is 0.679. The first-order chi connectivity index (χ1) is 8.58. The van der Waals surface area contributed by atoms with Gasteiger partial charge in [-0.25, -0.2) is 4.39 Å². The van der Waals surface area contributed by atoms with Gasteiger partial charge in [0, 0.05) is 6.42 Å². The van der Waals surface area contributed by atoms with Crippen molar-refractivity contribution in [3.8, 4) is 0 Å². The summed E-state index contributed by atoms with van der Waals surface area (Å²) in [4.78, 5) is 0. The van der Waals surface area contributed by atoms with Crippen LogP contribution in [0.5, 0.6) is 0 Å². The van der Waals surface area contributed by atoms with E-state index >= 15 is 0 Å². The highest BCUT2D eigenvalue weighted by Crippen LogP contribution is 2.32. The minimum absolute atomic E-state index is 0.136. The van der Waals surface area contributed by atoms with Gasteiger partial charge in [-0.2, -0.15) is 0 Å². The largest absolute Gasteiger partial charge is 0.392 e. The molecule has 0 amide bonds. The summed E-state index contributed by atoms with van der Waals surface area (Å²) in [5.41, 5.74) is 0.522. The molecular weight excluding hydrogens is 251 g/mol. The van der Waals surface area contributed by atoms with Gasteiger partial charge in [0.25, 0.3) is 0 Å². The number of hydrogen-bond donors (Lipinski definition) is 1. The van der Waals surface area contributed by atoms with Gasteiger partial charge in [0.05, 0.1) is 11.1 Å². The third-order valence-corrected chi connectivity index (χ3v) is 4.36. The van der Waals surface area contributed by atoms with Crippen LogP contribution in [0.1, 0.15) is 38.2 Å². The molecule has 1 N–H and O–H groups in total. The highest BCUT2D eigenvalue weighted by atomic mass is 35.5. The predicted octanol–water partition coefficient (Wildman–Crippen LogP) is 4.21. The molecule has 1 aromatic carbocycles. The molecule has 0 aromatic heterocycles. The van der Waals surface area contributed by atoms with Crippen LogP contribution in [-0.4, -0.2) is 11.2 Å². The fraction of sp³-hybridized carbons (Fsp3) is 0.600. The molecule has 2 rings (SSSR count). The van der Waals surface area contributed by atoms with Crippen molar-refractivity contribution in [1.29, 1.82) is 0 Å². The summed E-state index contributed by atoms with van der Waals surface area (Å²) in [6.07, 6.45) is 4.34. The Morgan fingerprint density at radius 1 is 1.33 bits per heavy atom. The topological polar surface area (TPSA) is 20.2 Å². The zero-order chi connectivity index (χ0) is 13.1.